The van der Waals surface area contributed by atoms with Crippen LogP contribution in [0.2, 0.25) is 0 Å². The molecule has 0 saturated heterocycles. The zero-order chi connectivity index (χ0) is 7.40. The van der Waals surface area contributed by atoms with E-state index >= 15 is 0 Å². The number of pyridine rings is 1. The second kappa shape index (κ2) is 3.37. The van der Waals surface area contributed by atoms with Gasteiger partial charge in [-0.1, -0.05) is 11.8 Å². The highest BCUT2D eigenvalue weighted by Gasteiger charge is 1.99. The number of nitrogens with zero attached hydrogens (tertiary/aromatic N) is 1. The van der Waals surface area contributed by atoms with Crippen molar-refractivity contribution in [2.45, 2.75) is 0 Å². The smallest absolute Gasteiger partial charge is 0.219 e. The minimum absolute atomic E-state index is 0.0856. The fourth-order valence-electron chi connectivity index (χ4n) is 0.606. The number of rotatable bonds is 1. The summed E-state index contributed by atoms with van der Waals surface area (Å²) in [4.78, 5) is 14.7. The Morgan fingerprint density at radius 1 is 1.50 bits per heavy atom. The van der Waals surface area contributed by atoms with Crippen molar-refractivity contribution in [3.63, 3.8) is 0 Å². The first-order valence-electron chi connectivity index (χ1n) is 2.83. The van der Waals surface area contributed by atoms with E-state index in [2.05, 4.69) is 4.98 Å². The summed E-state index contributed by atoms with van der Waals surface area (Å²) in [5.41, 5.74) is 0.711. The van der Waals surface area contributed by atoms with Gasteiger partial charge in [-0.25, -0.2) is 0 Å². The molecule has 0 spiro atoms. The van der Waals surface area contributed by atoms with Gasteiger partial charge >= 0.3 is 0 Å². The molecule has 1 rings (SSSR count). The van der Waals surface area contributed by atoms with Crippen LogP contribution >= 0.6 is 11.8 Å². The normalized spacial score (nSPS) is 9.30. The molecule has 10 heavy (non-hydrogen) atoms. The molecule has 2 nitrogen and oxygen atoms in total. The van der Waals surface area contributed by atoms with Gasteiger partial charge in [-0.15, -0.1) is 0 Å². The second-order valence-electron chi connectivity index (χ2n) is 1.73. The van der Waals surface area contributed by atoms with Gasteiger partial charge in [0.05, 0.1) is 0 Å². The van der Waals surface area contributed by atoms with Gasteiger partial charge in [-0.05, 0) is 18.4 Å². The van der Waals surface area contributed by atoms with E-state index in [0.29, 0.717) is 5.56 Å². The van der Waals surface area contributed by atoms with Gasteiger partial charge in [0, 0.05) is 18.0 Å². The van der Waals surface area contributed by atoms with Crippen LogP contribution in [-0.2, 0) is 0 Å². The molecule has 1 heterocycles. The summed E-state index contributed by atoms with van der Waals surface area (Å²) >= 11 is 1.21. The molecular formula is C7H7NOS. The van der Waals surface area contributed by atoms with Crippen LogP contribution in [0.25, 0.3) is 0 Å². The zero-order valence-electron chi connectivity index (χ0n) is 5.57. The molecule has 0 fully saturated rings. The van der Waals surface area contributed by atoms with E-state index in [0.717, 1.165) is 0 Å². The molecule has 3 heteroatoms. The molecule has 52 valence electrons. The standard InChI is InChI=1S/C7H7NOS/c1-10-7(9)6-2-4-8-5-3-6/h2-5H,1H3. The molecule has 0 aliphatic carbocycles. The SMILES string of the molecule is CSC(=O)c1ccncc1. The van der Waals surface area contributed by atoms with Crippen LogP contribution in [0.5, 0.6) is 0 Å². The number of carbonyl (C=O) groups is 1. The Bertz CT molecular complexity index is 222. The van der Waals surface area contributed by atoms with Gasteiger partial charge in [-0.2, -0.15) is 0 Å². The van der Waals surface area contributed by atoms with Gasteiger partial charge in [0.1, 0.15) is 0 Å². The van der Waals surface area contributed by atoms with Crippen molar-refractivity contribution in [2.75, 3.05) is 6.26 Å². The summed E-state index contributed by atoms with van der Waals surface area (Å²) in [6.45, 7) is 0. The molecule has 1 aromatic rings. The van der Waals surface area contributed by atoms with E-state index in [4.69, 9.17) is 0 Å². The lowest BCUT2D eigenvalue weighted by Gasteiger charge is -1.92. The van der Waals surface area contributed by atoms with Crippen molar-refractivity contribution < 1.29 is 4.79 Å². The van der Waals surface area contributed by atoms with E-state index in [1.807, 2.05) is 0 Å². The van der Waals surface area contributed by atoms with Crippen molar-refractivity contribution >= 4 is 16.9 Å². The highest BCUT2D eigenvalue weighted by molar-refractivity contribution is 8.13. The molecule has 0 aliphatic rings. The van der Waals surface area contributed by atoms with Gasteiger partial charge in [0.15, 0.2) is 0 Å². The molecule has 0 amide bonds. The topological polar surface area (TPSA) is 30.0 Å². The van der Waals surface area contributed by atoms with E-state index in [1.54, 1.807) is 30.8 Å². The highest BCUT2D eigenvalue weighted by atomic mass is 32.2. The molecule has 1 aromatic heterocycles. The molecule has 0 atom stereocenters. The third-order valence-corrected chi connectivity index (χ3v) is 1.71. The van der Waals surface area contributed by atoms with Crippen molar-refractivity contribution in [3.05, 3.63) is 30.1 Å². The average Bonchev–Trinajstić information content (AvgIpc) is 2.05. The van der Waals surface area contributed by atoms with Crippen molar-refractivity contribution in [1.82, 2.24) is 4.98 Å². The largest absolute Gasteiger partial charge is 0.282 e. The maximum atomic E-state index is 10.9. The van der Waals surface area contributed by atoms with Crippen LogP contribution in [-0.4, -0.2) is 16.4 Å². The molecule has 0 N–H and O–H groups in total. The number of carbonyl (C=O) groups excluding carboxylic acids is 1. The van der Waals surface area contributed by atoms with Crippen LogP contribution in [0, 0.1) is 0 Å². The molecule has 0 radical (unpaired) electrons. The maximum Gasteiger partial charge on any atom is 0.219 e. The summed E-state index contributed by atoms with van der Waals surface area (Å²) in [7, 11) is 0. The van der Waals surface area contributed by atoms with Crippen LogP contribution in [0.4, 0.5) is 0 Å². The lowest BCUT2D eigenvalue weighted by atomic mass is 10.3. The van der Waals surface area contributed by atoms with Crippen LogP contribution in [0.3, 0.4) is 0 Å². The van der Waals surface area contributed by atoms with Gasteiger partial charge < -0.3 is 0 Å². The molecule has 0 aliphatic heterocycles. The molecule has 0 bridgehead atoms. The Hall–Kier alpha value is -0.830. The molecule has 0 aromatic carbocycles. The van der Waals surface area contributed by atoms with E-state index in [9.17, 15) is 4.79 Å². The zero-order valence-corrected chi connectivity index (χ0v) is 6.39. The fourth-order valence-corrected chi connectivity index (χ4v) is 0.978. The Labute approximate surface area is 63.7 Å². The summed E-state index contributed by atoms with van der Waals surface area (Å²) < 4.78 is 0. The molecule has 0 saturated carbocycles. The monoisotopic (exact) mass is 153 g/mol. The first-order valence-corrected chi connectivity index (χ1v) is 4.05. The average molecular weight is 153 g/mol. The van der Waals surface area contributed by atoms with Gasteiger partial charge in [-0.3, -0.25) is 9.78 Å². The lowest BCUT2D eigenvalue weighted by molar-refractivity contribution is 0.108. The molecular weight excluding hydrogens is 146 g/mol. The quantitative estimate of drug-likeness (QED) is 0.613. The van der Waals surface area contributed by atoms with Gasteiger partial charge in [0.2, 0.25) is 5.12 Å². The predicted octanol–water partition coefficient (Wildman–Crippen LogP) is 1.58. The van der Waals surface area contributed by atoms with E-state index in [1.165, 1.54) is 11.8 Å². The predicted molar refractivity (Wildman–Crippen MR) is 42.1 cm³/mol. The van der Waals surface area contributed by atoms with Crippen LogP contribution in [0.15, 0.2) is 24.5 Å². The second-order valence-corrected chi connectivity index (χ2v) is 2.51. The van der Waals surface area contributed by atoms with E-state index < -0.39 is 0 Å². The first kappa shape index (κ1) is 7.28. The fraction of sp³-hybridized carbons (Fsp3) is 0.143. The Balaban J connectivity index is 2.85. The maximum absolute atomic E-state index is 10.9. The summed E-state index contributed by atoms with van der Waals surface area (Å²) in [6.07, 6.45) is 5.00. The number of hydrogen-bond acceptors (Lipinski definition) is 3. The minimum Gasteiger partial charge on any atom is -0.282 e. The first-order chi connectivity index (χ1) is 4.84. The summed E-state index contributed by atoms with van der Waals surface area (Å²) in [5, 5.41) is 0.0856. The van der Waals surface area contributed by atoms with Crippen LogP contribution < -0.4 is 0 Å². The molecule has 0 unspecified atom stereocenters. The van der Waals surface area contributed by atoms with Crippen molar-refractivity contribution in [1.29, 1.82) is 0 Å². The summed E-state index contributed by atoms with van der Waals surface area (Å²) in [5.74, 6) is 0. The number of thioether (sulfide) groups is 1. The Kier molecular flexibility index (Phi) is 2.45. The van der Waals surface area contributed by atoms with Crippen LogP contribution in [0.1, 0.15) is 10.4 Å². The van der Waals surface area contributed by atoms with E-state index in [-0.39, 0.29) is 5.12 Å². The third-order valence-electron chi connectivity index (χ3n) is 1.10. The van der Waals surface area contributed by atoms with Gasteiger partial charge in [0.25, 0.3) is 0 Å². The van der Waals surface area contributed by atoms with Crippen molar-refractivity contribution in [3.8, 4) is 0 Å². The lowest BCUT2D eigenvalue weighted by Crippen LogP contribution is -1.90. The Morgan fingerprint density at radius 3 is 2.60 bits per heavy atom. The Morgan fingerprint density at radius 2 is 2.10 bits per heavy atom. The number of hydrogen-bond donors (Lipinski definition) is 0. The number of aromatic nitrogens is 1. The third kappa shape index (κ3) is 1.57. The minimum atomic E-state index is 0.0856. The highest BCUT2D eigenvalue weighted by Crippen LogP contribution is 2.06. The van der Waals surface area contributed by atoms with Crippen molar-refractivity contribution in [2.24, 2.45) is 0 Å². The summed E-state index contributed by atoms with van der Waals surface area (Å²) in [6, 6.07) is 3.41.